The van der Waals surface area contributed by atoms with Gasteiger partial charge >= 0.3 is 12.1 Å². The zero-order valence-electron chi connectivity index (χ0n) is 11.2. The fourth-order valence-corrected chi connectivity index (χ4v) is 2.00. The summed E-state index contributed by atoms with van der Waals surface area (Å²) >= 11 is 0. The highest BCUT2D eigenvalue weighted by Crippen LogP contribution is 2.23. The predicted molar refractivity (Wildman–Crippen MR) is 67.2 cm³/mol. The van der Waals surface area contributed by atoms with Crippen LogP contribution in [-0.2, 0) is 14.3 Å². The monoisotopic (exact) mass is 257 g/mol. The molecule has 0 unspecified atom stereocenters. The SMILES string of the molecule is CCC(=O)OCCOC(=O)NC1CCC(C)CC1. The Labute approximate surface area is 108 Å². The first kappa shape index (κ1) is 14.8. The Morgan fingerprint density at radius 3 is 2.33 bits per heavy atom. The Kier molecular flexibility index (Phi) is 6.54. The van der Waals surface area contributed by atoms with Crippen molar-refractivity contribution >= 4 is 12.1 Å². The van der Waals surface area contributed by atoms with Crippen LogP contribution >= 0.6 is 0 Å². The largest absolute Gasteiger partial charge is 0.462 e. The van der Waals surface area contributed by atoms with E-state index in [0.717, 1.165) is 31.6 Å². The fraction of sp³-hybridized carbons (Fsp3) is 0.846. The molecule has 0 saturated heterocycles. The number of carbonyl (C=O) groups excluding carboxylic acids is 2. The van der Waals surface area contributed by atoms with Gasteiger partial charge in [-0.05, 0) is 31.6 Å². The van der Waals surface area contributed by atoms with E-state index in [1.165, 1.54) is 0 Å². The van der Waals surface area contributed by atoms with Gasteiger partial charge in [0.05, 0.1) is 0 Å². The molecule has 0 aromatic carbocycles. The van der Waals surface area contributed by atoms with Gasteiger partial charge in [-0.3, -0.25) is 4.79 Å². The van der Waals surface area contributed by atoms with E-state index < -0.39 is 6.09 Å². The van der Waals surface area contributed by atoms with Crippen molar-refractivity contribution in [3.8, 4) is 0 Å². The molecular formula is C13H23NO4. The number of carbonyl (C=O) groups is 2. The van der Waals surface area contributed by atoms with E-state index in [-0.39, 0.29) is 25.2 Å². The zero-order chi connectivity index (χ0) is 13.4. The van der Waals surface area contributed by atoms with Gasteiger partial charge in [-0.1, -0.05) is 13.8 Å². The van der Waals surface area contributed by atoms with Gasteiger partial charge in [0.1, 0.15) is 13.2 Å². The van der Waals surface area contributed by atoms with Crippen molar-refractivity contribution in [3.05, 3.63) is 0 Å². The molecule has 1 fully saturated rings. The minimum atomic E-state index is -0.415. The van der Waals surface area contributed by atoms with Gasteiger partial charge in [0, 0.05) is 12.5 Å². The highest BCUT2D eigenvalue weighted by atomic mass is 16.6. The third-order valence-electron chi connectivity index (χ3n) is 3.21. The lowest BCUT2D eigenvalue weighted by molar-refractivity contribution is -0.144. The summed E-state index contributed by atoms with van der Waals surface area (Å²) in [7, 11) is 0. The van der Waals surface area contributed by atoms with Crippen LogP contribution in [0.1, 0.15) is 46.0 Å². The second-order valence-electron chi connectivity index (χ2n) is 4.81. The first-order valence-corrected chi connectivity index (χ1v) is 6.70. The summed E-state index contributed by atoms with van der Waals surface area (Å²) in [6.45, 7) is 4.19. The molecule has 1 rings (SSSR count). The van der Waals surface area contributed by atoms with Crippen molar-refractivity contribution in [2.24, 2.45) is 5.92 Å². The van der Waals surface area contributed by atoms with Gasteiger partial charge in [0.25, 0.3) is 0 Å². The van der Waals surface area contributed by atoms with E-state index in [0.29, 0.717) is 6.42 Å². The molecule has 1 aliphatic rings. The van der Waals surface area contributed by atoms with Crippen LogP contribution in [0.2, 0.25) is 0 Å². The van der Waals surface area contributed by atoms with E-state index in [1.54, 1.807) is 6.92 Å². The zero-order valence-corrected chi connectivity index (χ0v) is 11.2. The summed E-state index contributed by atoms with van der Waals surface area (Å²) in [5.74, 6) is 0.479. The molecule has 0 aromatic rings. The summed E-state index contributed by atoms with van der Waals surface area (Å²) in [6.07, 6.45) is 4.26. The van der Waals surface area contributed by atoms with Crippen LogP contribution in [0.5, 0.6) is 0 Å². The minimum absolute atomic E-state index is 0.112. The smallest absolute Gasteiger partial charge is 0.407 e. The Balaban J connectivity index is 2.05. The van der Waals surface area contributed by atoms with Gasteiger partial charge in [0.2, 0.25) is 0 Å². The molecule has 0 radical (unpaired) electrons. The number of ether oxygens (including phenoxy) is 2. The van der Waals surface area contributed by atoms with Crippen LogP contribution < -0.4 is 5.32 Å². The Morgan fingerprint density at radius 1 is 1.11 bits per heavy atom. The number of hydrogen-bond acceptors (Lipinski definition) is 4. The lowest BCUT2D eigenvalue weighted by Crippen LogP contribution is -2.38. The average molecular weight is 257 g/mol. The number of rotatable bonds is 5. The highest BCUT2D eigenvalue weighted by Gasteiger charge is 2.20. The first-order valence-electron chi connectivity index (χ1n) is 6.70. The van der Waals surface area contributed by atoms with Crippen molar-refractivity contribution in [2.75, 3.05) is 13.2 Å². The number of hydrogen-bond donors (Lipinski definition) is 1. The van der Waals surface area contributed by atoms with E-state index >= 15 is 0 Å². The lowest BCUT2D eigenvalue weighted by atomic mass is 9.87. The topological polar surface area (TPSA) is 64.6 Å². The van der Waals surface area contributed by atoms with Crippen molar-refractivity contribution in [3.63, 3.8) is 0 Å². The van der Waals surface area contributed by atoms with E-state index in [1.807, 2.05) is 0 Å². The second kappa shape index (κ2) is 7.95. The molecule has 1 amide bonds. The second-order valence-corrected chi connectivity index (χ2v) is 4.81. The molecule has 1 aliphatic carbocycles. The van der Waals surface area contributed by atoms with Crippen molar-refractivity contribution in [1.29, 1.82) is 0 Å². The third-order valence-corrected chi connectivity index (χ3v) is 3.21. The maximum atomic E-state index is 11.4. The van der Waals surface area contributed by atoms with Crippen LogP contribution in [0.25, 0.3) is 0 Å². The third kappa shape index (κ3) is 5.89. The Hall–Kier alpha value is -1.26. The first-order chi connectivity index (χ1) is 8.61. The maximum absolute atomic E-state index is 11.4. The number of esters is 1. The quantitative estimate of drug-likeness (QED) is 0.606. The van der Waals surface area contributed by atoms with E-state index in [4.69, 9.17) is 9.47 Å². The standard InChI is InChI=1S/C13H23NO4/c1-3-12(15)17-8-9-18-13(16)14-11-6-4-10(2)5-7-11/h10-11H,3-9H2,1-2H3,(H,14,16). The van der Waals surface area contributed by atoms with Crippen LogP contribution in [-0.4, -0.2) is 31.3 Å². The van der Waals surface area contributed by atoms with E-state index in [2.05, 4.69) is 12.2 Å². The van der Waals surface area contributed by atoms with Crippen molar-refractivity contribution in [1.82, 2.24) is 5.32 Å². The minimum Gasteiger partial charge on any atom is -0.462 e. The van der Waals surface area contributed by atoms with Crippen LogP contribution in [0.4, 0.5) is 4.79 Å². The van der Waals surface area contributed by atoms with Gasteiger partial charge in [-0.25, -0.2) is 4.79 Å². The molecule has 0 atom stereocenters. The number of amides is 1. The fourth-order valence-electron chi connectivity index (χ4n) is 2.00. The maximum Gasteiger partial charge on any atom is 0.407 e. The molecule has 1 saturated carbocycles. The van der Waals surface area contributed by atoms with Crippen LogP contribution in [0.3, 0.4) is 0 Å². The highest BCUT2D eigenvalue weighted by molar-refractivity contribution is 5.69. The molecule has 0 bridgehead atoms. The number of alkyl carbamates (subject to hydrolysis) is 1. The van der Waals surface area contributed by atoms with Crippen LogP contribution in [0.15, 0.2) is 0 Å². The molecule has 5 nitrogen and oxygen atoms in total. The molecule has 18 heavy (non-hydrogen) atoms. The summed E-state index contributed by atoms with van der Waals surface area (Å²) < 4.78 is 9.74. The summed E-state index contributed by atoms with van der Waals surface area (Å²) in [5.41, 5.74) is 0. The lowest BCUT2D eigenvalue weighted by Gasteiger charge is -2.26. The molecule has 0 aliphatic heterocycles. The van der Waals surface area contributed by atoms with Crippen LogP contribution in [0, 0.1) is 5.92 Å². The average Bonchev–Trinajstić information content (AvgIpc) is 2.37. The van der Waals surface area contributed by atoms with E-state index in [9.17, 15) is 9.59 Å². The number of nitrogens with one attached hydrogen (secondary N) is 1. The van der Waals surface area contributed by atoms with Gasteiger partial charge in [-0.2, -0.15) is 0 Å². The normalized spacial score (nSPS) is 23.2. The molecule has 0 heterocycles. The van der Waals surface area contributed by atoms with Gasteiger partial charge in [-0.15, -0.1) is 0 Å². The predicted octanol–water partition coefficient (Wildman–Crippen LogP) is 2.24. The summed E-state index contributed by atoms with van der Waals surface area (Å²) in [6, 6.07) is 0.229. The molecule has 0 aromatic heterocycles. The Bertz CT molecular complexity index is 272. The molecule has 1 N–H and O–H groups in total. The van der Waals surface area contributed by atoms with Gasteiger partial charge < -0.3 is 14.8 Å². The molecular weight excluding hydrogens is 234 g/mol. The summed E-state index contributed by atoms with van der Waals surface area (Å²) in [4.78, 5) is 22.3. The Morgan fingerprint density at radius 2 is 1.72 bits per heavy atom. The molecule has 104 valence electrons. The summed E-state index contributed by atoms with van der Waals surface area (Å²) in [5, 5.41) is 2.84. The molecule has 5 heteroatoms. The molecule has 0 spiro atoms. The van der Waals surface area contributed by atoms with Crippen molar-refractivity contribution in [2.45, 2.75) is 52.0 Å². The van der Waals surface area contributed by atoms with Crippen molar-refractivity contribution < 1.29 is 19.1 Å². The van der Waals surface area contributed by atoms with Gasteiger partial charge in [0.15, 0.2) is 0 Å².